The van der Waals surface area contributed by atoms with Crippen molar-refractivity contribution in [3.63, 3.8) is 0 Å². The van der Waals surface area contributed by atoms with E-state index < -0.39 is 11.6 Å². The monoisotopic (exact) mass is 491 g/mol. The Bertz CT molecular complexity index is 1190. The van der Waals surface area contributed by atoms with Crippen LogP contribution in [-0.2, 0) is 13.0 Å². The Balaban J connectivity index is 1.28. The minimum atomic E-state index is -0.965. The van der Waals surface area contributed by atoms with E-state index in [1.54, 1.807) is 17.6 Å². The molecule has 1 aliphatic heterocycles. The number of nitrogens with zero attached hydrogens (tertiary/aromatic N) is 2. The number of nitrogens with one attached hydrogen (secondary N) is 1. The highest BCUT2D eigenvalue weighted by Gasteiger charge is 2.35. The Labute approximate surface area is 213 Å². The zero-order valence-corrected chi connectivity index (χ0v) is 21.3. The number of carbonyl (C=O) groups excluding carboxylic acids is 1. The number of aromatic nitrogens is 1. The Morgan fingerprint density at radius 3 is 2.44 bits per heavy atom. The third-order valence-corrected chi connectivity index (χ3v) is 8.46. The van der Waals surface area contributed by atoms with E-state index in [1.807, 2.05) is 12.1 Å². The lowest BCUT2D eigenvalue weighted by Crippen LogP contribution is -2.45. The molecular formula is C30H38FN3O2. The van der Waals surface area contributed by atoms with Crippen molar-refractivity contribution >= 4 is 16.8 Å². The standard InChI is InChI=1S/C30H38FN3O2/c1-22-27(19-23-9-11-25(12-10-23)29(35)32-36)26-7-3-4-8-28(26)34(22)20-24-13-17-33(18-14-24)21-30(31)15-5-2-6-16-30/h3-4,7-12,24,36H,2,5-6,13-21H2,1H3,(H,32,35). The van der Waals surface area contributed by atoms with Crippen molar-refractivity contribution in [2.24, 2.45) is 5.92 Å². The summed E-state index contributed by atoms with van der Waals surface area (Å²) in [7, 11) is 0. The fraction of sp³-hybridized carbons (Fsp3) is 0.500. The van der Waals surface area contributed by atoms with Gasteiger partial charge in [0.1, 0.15) is 5.67 Å². The van der Waals surface area contributed by atoms with Gasteiger partial charge in [-0.3, -0.25) is 10.0 Å². The number of hydrogen-bond donors (Lipinski definition) is 2. The van der Waals surface area contributed by atoms with Gasteiger partial charge in [0.2, 0.25) is 0 Å². The number of carbonyl (C=O) groups is 1. The van der Waals surface area contributed by atoms with Gasteiger partial charge in [-0.25, -0.2) is 9.87 Å². The van der Waals surface area contributed by atoms with Gasteiger partial charge in [0.15, 0.2) is 0 Å². The highest BCUT2D eigenvalue weighted by atomic mass is 19.1. The fourth-order valence-corrected chi connectivity index (χ4v) is 6.33. The van der Waals surface area contributed by atoms with Crippen LogP contribution in [0.1, 0.15) is 72.1 Å². The maximum atomic E-state index is 15.2. The zero-order chi connectivity index (χ0) is 25.1. The molecule has 2 N–H and O–H groups in total. The summed E-state index contributed by atoms with van der Waals surface area (Å²) in [6, 6.07) is 16.0. The molecule has 0 radical (unpaired) electrons. The predicted molar refractivity (Wildman–Crippen MR) is 141 cm³/mol. The lowest BCUT2D eigenvalue weighted by Gasteiger charge is -2.38. The number of para-hydroxylation sites is 1. The van der Waals surface area contributed by atoms with E-state index in [2.05, 4.69) is 40.7 Å². The Kier molecular flexibility index (Phi) is 7.44. The summed E-state index contributed by atoms with van der Waals surface area (Å²) in [4.78, 5) is 14.0. The van der Waals surface area contributed by atoms with Gasteiger partial charge in [0.05, 0.1) is 0 Å². The normalized spacial score (nSPS) is 19.0. The van der Waals surface area contributed by atoms with Crippen LogP contribution in [0.5, 0.6) is 0 Å². The van der Waals surface area contributed by atoms with E-state index >= 15 is 4.39 Å². The van der Waals surface area contributed by atoms with Crippen LogP contribution in [0.25, 0.3) is 10.9 Å². The van der Waals surface area contributed by atoms with E-state index in [9.17, 15) is 4.79 Å². The van der Waals surface area contributed by atoms with Gasteiger partial charge in [-0.1, -0.05) is 49.6 Å². The van der Waals surface area contributed by atoms with Crippen molar-refractivity contribution in [1.29, 1.82) is 0 Å². The number of amides is 1. The minimum Gasteiger partial charge on any atom is -0.344 e. The number of hydrogen-bond acceptors (Lipinski definition) is 3. The highest BCUT2D eigenvalue weighted by molar-refractivity contribution is 5.93. The van der Waals surface area contributed by atoms with Crippen LogP contribution in [0, 0.1) is 12.8 Å². The van der Waals surface area contributed by atoms with E-state index in [0.29, 0.717) is 18.0 Å². The molecule has 2 aromatic carbocycles. The molecule has 1 saturated heterocycles. The lowest BCUT2D eigenvalue weighted by atomic mass is 9.85. The minimum absolute atomic E-state index is 0.439. The van der Waals surface area contributed by atoms with Crippen molar-refractivity contribution in [2.75, 3.05) is 19.6 Å². The summed E-state index contributed by atoms with van der Waals surface area (Å²) < 4.78 is 17.7. The van der Waals surface area contributed by atoms with Gasteiger partial charge >= 0.3 is 0 Å². The molecule has 0 bridgehead atoms. The number of benzene rings is 2. The van der Waals surface area contributed by atoms with Gasteiger partial charge in [-0.05, 0) is 87.4 Å². The average Bonchev–Trinajstić information content (AvgIpc) is 3.16. The first-order valence-electron chi connectivity index (χ1n) is 13.5. The maximum absolute atomic E-state index is 15.2. The molecule has 0 atom stereocenters. The third kappa shape index (κ3) is 5.35. The van der Waals surface area contributed by atoms with Crippen molar-refractivity contribution in [1.82, 2.24) is 14.9 Å². The Hall–Kier alpha value is -2.70. The molecule has 0 unspecified atom stereocenters. The second-order valence-electron chi connectivity index (χ2n) is 10.9. The first kappa shape index (κ1) is 25.0. The van der Waals surface area contributed by atoms with Gasteiger partial charge < -0.3 is 9.47 Å². The van der Waals surface area contributed by atoms with Crippen LogP contribution in [0.2, 0.25) is 0 Å². The fourth-order valence-electron chi connectivity index (χ4n) is 6.33. The molecule has 2 heterocycles. The van der Waals surface area contributed by atoms with E-state index in [-0.39, 0.29) is 0 Å². The molecule has 5 nitrogen and oxygen atoms in total. The number of alkyl halides is 1. The molecule has 2 aliphatic rings. The second kappa shape index (κ2) is 10.7. The van der Waals surface area contributed by atoms with E-state index in [1.165, 1.54) is 28.6 Å². The molecular weight excluding hydrogens is 453 g/mol. The summed E-state index contributed by atoms with van der Waals surface area (Å²) in [5, 5.41) is 10.1. The summed E-state index contributed by atoms with van der Waals surface area (Å²) in [6.07, 6.45) is 7.76. The molecule has 2 fully saturated rings. The average molecular weight is 492 g/mol. The van der Waals surface area contributed by atoms with E-state index in [0.717, 1.165) is 70.1 Å². The molecule has 0 spiro atoms. The molecule has 1 amide bonds. The Morgan fingerprint density at radius 1 is 1.06 bits per heavy atom. The molecule has 1 aliphatic carbocycles. The summed E-state index contributed by atoms with van der Waals surface area (Å²) in [6.45, 7) is 5.82. The molecule has 5 rings (SSSR count). The number of halogens is 1. The molecule has 6 heteroatoms. The zero-order valence-electron chi connectivity index (χ0n) is 21.3. The Morgan fingerprint density at radius 2 is 1.75 bits per heavy atom. The SMILES string of the molecule is Cc1c(Cc2ccc(C(=O)NO)cc2)c2ccccc2n1CC1CCN(CC2(F)CCCCC2)CC1. The first-order valence-corrected chi connectivity index (χ1v) is 13.5. The molecule has 1 saturated carbocycles. The van der Waals surface area contributed by atoms with Crippen LogP contribution in [0.15, 0.2) is 48.5 Å². The quantitative estimate of drug-likeness (QED) is 0.313. The summed E-state index contributed by atoms with van der Waals surface area (Å²) in [5.41, 5.74) is 6.17. The van der Waals surface area contributed by atoms with Gasteiger partial charge in [-0.15, -0.1) is 0 Å². The number of piperidine rings is 1. The predicted octanol–water partition coefficient (Wildman–Crippen LogP) is 6.04. The number of rotatable bonds is 7. The smallest absolute Gasteiger partial charge is 0.274 e. The van der Waals surface area contributed by atoms with E-state index in [4.69, 9.17) is 5.21 Å². The first-order chi connectivity index (χ1) is 17.5. The second-order valence-corrected chi connectivity index (χ2v) is 10.9. The number of hydroxylamine groups is 1. The lowest BCUT2D eigenvalue weighted by molar-refractivity contribution is 0.0394. The van der Waals surface area contributed by atoms with Crippen molar-refractivity contribution in [3.8, 4) is 0 Å². The molecule has 36 heavy (non-hydrogen) atoms. The topological polar surface area (TPSA) is 57.5 Å². The van der Waals surface area contributed by atoms with Crippen molar-refractivity contribution in [3.05, 3.63) is 70.9 Å². The van der Waals surface area contributed by atoms with Crippen LogP contribution < -0.4 is 5.48 Å². The largest absolute Gasteiger partial charge is 0.344 e. The summed E-state index contributed by atoms with van der Waals surface area (Å²) in [5.74, 6) is 0.0996. The summed E-state index contributed by atoms with van der Waals surface area (Å²) >= 11 is 0. The van der Waals surface area contributed by atoms with Gasteiger partial charge in [-0.2, -0.15) is 0 Å². The number of likely N-dealkylation sites (tertiary alicyclic amines) is 1. The maximum Gasteiger partial charge on any atom is 0.274 e. The van der Waals surface area contributed by atoms with Crippen LogP contribution in [0.3, 0.4) is 0 Å². The molecule has 1 aromatic heterocycles. The third-order valence-electron chi connectivity index (χ3n) is 8.46. The molecule has 3 aromatic rings. The van der Waals surface area contributed by atoms with Gasteiger partial charge in [0, 0.05) is 35.2 Å². The molecule has 192 valence electrons. The van der Waals surface area contributed by atoms with Crippen LogP contribution >= 0.6 is 0 Å². The van der Waals surface area contributed by atoms with Crippen LogP contribution in [0.4, 0.5) is 4.39 Å². The van der Waals surface area contributed by atoms with Crippen molar-refractivity contribution in [2.45, 2.75) is 70.5 Å². The number of fused-ring (bicyclic) bond motifs is 1. The highest BCUT2D eigenvalue weighted by Crippen LogP contribution is 2.34. The van der Waals surface area contributed by atoms with Crippen LogP contribution in [-0.4, -0.2) is 45.9 Å². The van der Waals surface area contributed by atoms with Gasteiger partial charge in [0.25, 0.3) is 5.91 Å². The van der Waals surface area contributed by atoms with Crippen molar-refractivity contribution < 1.29 is 14.4 Å².